The SMILES string of the molecule is CCc1ccnc(-c2ccccn2)c1CC.[Ru]. The normalized spacial score (nSPS) is 9.76. The van der Waals surface area contributed by atoms with Crippen LogP contribution in [0.1, 0.15) is 25.0 Å². The van der Waals surface area contributed by atoms with Crippen LogP contribution < -0.4 is 0 Å². The molecule has 0 spiro atoms. The standard InChI is InChI=1S/C14H16N2.Ru/c1-3-11-8-10-16-14(12(11)4-2)13-7-5-6-9-15-13;/h5-10H,3-4H2,1-2H3;. The van der Waals surface area contributed by atoms with Crippen LogP contribution in [0, 0.1) is 0 Å². The molecule has 2 nitrogen and oxygen atoms in total. The molecule has 2 rings (SSSR count). The number of aromatic nitrogens is 2. The third kappa shape index (κ3) is 2.98. The molecule has 0 aliphatic carbocycles. The van der Waals surface area contributed by atoms with Crippen LogP contribution in [0.15, 0.2) is 36.7 Å². The molecule has 0 aromatic carbocycles. The summed E-state index contributed by atoms with van der Waals surface area (Å²) in [5.74, 6) is 0. The van der Waals surface area contributed by atoms with E-state index in [0.29, 0.717) is 0 Å². The van der Waals surface area contributed by atoms with Crippen LogP contribution in [0.5, 0.6) is 0 Å². The second kappa shape index (κ2) is 6.61. The van der Waals surface area contributed by atoms with Gasteiger partial charge in [0.05, 0.1) is 11.4 Å². The summed E-state index contributed by atoms with van der Waals surface area (Å²) in [6, 6.07) is 8.05. The van der Waals surface area contributed by atoms with Gasteiger partial charge in [-0.3, -0.25) is 9.97 Å². The van der Waals surface area contributed by atoms with E-state index in [0.717, 1.165) is 24.2 Å². The molecule has 2 aromatic rings. The van der Waals surface area contributed by atoms with E-state index in [1.807, 2.05) is 30.6 Å². The molecule has 0 aliphatic rings. The van der Waals surface area contributed by atoms with Crippen LogP contribution in [0.2, 0.25) is 0 Å². The summed E-state index contributed by atoms with van der Waals surface area (Å²) in [5.41, 5.74) is 4.69. The predicted molar refractivity (Wildman–Crippen MR) is 66.2 cm³/mol. The minimum atomic E-state index is 0. The van der Waals surface area contributed by atoms with Gasteiger partial charge in [-0.2, -0.15) is 0 Å². The van der Waals surface area contributed by atoms with Crippen molar-refractivity contribution in [2.75, 3.05) is 0 Å². The minimum Gasteiger partial charge on any atom is -0.255 e. The monoisotopic (exact) mass is 314 g/mol. The van der Waals surface area contributed by atoms with Crippen molar-refractivity contribution in [1.29, 1.82) is 0 Å². The van der Waals surface area contributed by atoms with Crippen molar-refractivity contribution in [3.05, 3.63) is 47.8 Å². The van der Waals surface area contributed by atoms with Gasteiger partial charge in [-0.15, -0.1) is 0 Å². The zero-order chi connectivity index (χ0) is 11.4. The van der Waals surface area contributed by atoms with Crippen LogP contribution in [-0.4, -0.2) is 9.97 Å². The molecular weight excluding hydrogens is 297 g/mol. The molecule has 0 bridgehead atoms. The first kappa shape index (κ1) is 14.0. The first-order chi connectivity index (χ1) is 7.86. The summed E-state index contributed by atoms with van der Waals surface area (Å²) >= 11 is 0. The number of nitrogens with zero attached hydrogens (tertiary/aromatic N) is 2. The summed E-state index contributed by atoms with van der Waals surface area (Å²) in [6.45, 7) is 4.35. The van der Waals surface area contributed by atoms with E-state index in [1.165, 1.54) is 11.1 Å². The topological polar surface area (TPSA) is 25.8 Å². The number of aryl methyl sites for hydroxylation is 1. The Bertz CT molecular complexity index is 469. The molecule has 17 heavy (non-hydrogen) atoms. The van der Waals surface area contributed by atoms with E-state index in [4.69, 9.17) is 0 Å². The zero-order valence-corrected chi connectivity index (χ0v) is 11.9. The zero-order valence-electron chi connectivity index (χ0n) is 10.1. The van der Waals surface area contributed by atoms with E-state index >= 15 is 0 Å². The first-order valence-electron chi connectivity index (χ1n) is 5.75. The molecular formula is C14H16N2Ru. The molecule has 0 saturated heterocycles. The van der Waals surface area contributed by atoms with E-state index in [2.05, 4.69) is 29.9 Å². The molecule has 0 N–H and O–H groups in total. The maximum Gasteiger partial charge on any atom is 0.0920 e. The fourth-order valence-corrected chi connectivity index (χ4v) is 1.98. The average molecular weight is 313 g/mol. The van der Waals surface area contributed by atoms with Gasteiger partial charge in [-0.05, 0) is 42.2 Å². The van der Waals surface area contributed by atoms with E-state index in [9.17, 15) is 0 Å². The molecule has 3 heteroatoms. The fourth-order valence-electron chi connectivity index (χ4n) is 1.98. The summed E-state index contributed by atoms with van der Waals surface area (Å²) in [7, 11) is 0. The van der Waals surface area contributed by atoms with Gasteiger partial charge in [0.2, 0.25) is 0 Å². The molecule has 90 valence electrons. The number of pyridine rings is 2. The Morgan fingerprint density at radius 3 is 2.35 bits per heavy atom. The quantitative estimate of drug-likeness (QED) is 0.813. The first-order valence-corrected chi connectivity index (χ1v) is 5.75. The van der Waals surface area contributed by atoms with Crippen molar-refractivity contribution in [3.8, 4) is 11.4 Å². The van der Waals surface area contributed by atoms with Gasteiger partial charge in [0.1, 0.15) is 0 Å². The summed E-state index contributed by atoms with van der Waals surface area (Å²) in [6.07, 6.45) is 5.74. The Morgan fingerprint density at radius 1 is 0.941 bits per heavy atom. The Kier molecular flexibility index (Phi) is 5.44. The van der Waals surface area contributed by atoms with Gasteiger partial charge in [-0.1, -0.05) is 19.9 Å². The maximum atomic E-state index is 4.47. The molecule has 2 heterocycles. The summed E-state index contributed by atoms with van der Waals surface area (Å²) in [4.78, 5) is 8.84. The Morgan fingerprint density at radius 2 is 1.76 bits per heavy atom. The number of rotatable bonds is 3. The van der Waals surface area contributed by atoms with Crippen LogP contribution in [0.4, 0.5) is 0 Å². The molecule has 0 saturated carbocycles. The Hall–Kier alpha value is -1.08. The fraction of sp³-hybridized carbons (Fsp3) is 0.286. The molecule has 0 aliphatic heterocycles. The van der Waals surface area contributed by atoms with Crippen LogP contribution in [0.3, 0.4) is 0 Å². The van der Waals surface area contributed by atoms with Crippen molar-refractivity contribution in [1.82, 2.24) is 9.97 Å². The molecule has 2 aromatic heterocycles. The van der Waals surface area contributed by atoms with Gasteiger partial charge in [0, 0.05) is 31.9 Å². The summed E-state index contributed by atoms with van der Waals surface area (Å²) in [5, 5.41) is 0. The largest absolute Gasteiger partial charge is 0.255 e. The van der Waals surface area contributed by atoms with Crippen molar-refractivity contribution < 1.29 is 19.5 Å². The van der Waals surface area contributed by atoms with Crippen LogP contribution in [0.25, 0.3) is 11.4 Å². The van der Waals surface area contributed by atoms with Crippen molar-refractivity contribution in [2.24, 2.45) is 0 Å². The molecule has 0 amide bonds. The smallest absolute Gasteiger partial charge is 0.0920 e. The van der Waals surface area contributed by atoms with E-state index in [-0.39, 0.29) is 19.5 Å². The van der Waals surface area contributed by atoms with Gasteiger partial charge in [0.25, 0.3) is 0 Å². The second-order valence-corrected chi connectivity index (χ2v) is 3.72. The third-order valence-electron chi connectivity index (χ3n) is 2.79. The maximum absolute atomic E-state index is 4.47. The number of hydrogen-bond acceptors (Lipinski definition) is 2. The van der Waals surface area contributed by atoms with E-state index < -0.39 is 0 Å². The van der Waals surface area contributed by atoms with Gasteiger partial charge < -0.3 is 0 Å². The second-order valence-electron chi connectivity index (χ2n) is 3.72. The molecule has 0 fully saturated rings. The van der Waals surface area contributed by atoms with Gasteiger partial charge in [-0.25, -0.2) is 0 Å². The molecule has 0 atom stereocenters. The summed E-state index contributed by atoms with van der Waals surface area (Å²) < 4.78 is 0. The number of hydrogen-bond donors (Lipinski definition) is 0. The average Bonchev–Trinajstić information content (AvgIpc) is 2.38. The van der Waals surface area contributed by atoms with Crippen LogP contribution in [-0.2, 0) is 32.3 Å². The molecule has 0 unspecified atom stereocenters. The van der Waals surface area contributed by atoms with E-state index in [1.54, 1.807) is 0 Å². The Balaban J connectivity index is 0.00000144. The third-order valence-corrected chi connectivity index (χ3v) is 2.79. The Labute approximate surface area is 115 Å². The van der Waals surface area contributed by atoms with Crippen molar-refractivity contribution in [2.45, 2.75) is 26.7 Å². The van der Waals surface area contributed by atoms with Gasteiger partial charge >= 0.3 is 0 Å². The van der Waals surface area contributed by atoms with Gasteiger partial charge in [0.15, 0.2) is 0 Å². The predicted octanol–water partition coefficient (Wildman–Crippen LogP) is 3.27. The minimum absolute atomic E-state index is 0. The van der Waals surface area contributed by atoms with Crippen molar-refractivity contribution >= 4 is 0 Å². The van der Waals surface area contributed by atoms with Crippen molar-refractivity contribution in [3.63, 3.8) is 0 Å². The molecule has 0 radical (unpaired) electrons. The van der Waals surface area contributed by atoms with Crippen LogP contribution >= 0.6 is 0 Å².